The van der Waals surface area contributed by atoms with E-state index in [4.69, 9.17) is 0 Å². The third kappa shape index (κ3) is 4.08. The fourth-order valence-electron chi connectivity index (χ4n) is 4.15. The van der Waals surface area contributed by atoms with E-state index in [0.29, 0.717) is 0 Å². The zero-order chi connectivity index (χ0) is 14.5. The van der Waals surface area contributed by atoms with E-state index in [-0.39, 0.29) is 0 Å². The van der Waals surface area contributed by atoms with E-state index in [0.717, 1.165) is 24.5 Å². The van der Waals surface area contributed by atoms with Gasteiger partial charge in [0.2, 0.25) is 0 Å². The highest BCUT2D eigenvalue weighted by atomic mass is 15.1. The Bertz CT molecular complexity index is 409. The molecule has 2 heteroatoms. The summed E-state index contributed by atoms with van der Waals surface area (Å²) in [7, 11) is 0. The zero-order valence-corrected chi connectivity index (χ0v) is 13.4. The van der Waals surface area contributed by atoms with E-state index < -0.39 is 0 Å². The van der Waals surface area contributed by atoms with Gasteiger partial charge in [0.05, 0.1) is 0 Å². The molecule has 2 atom stereocenters. The fourth-order valence-corrected chi connectivity index (χ4v) is 4.15. The van der Waals surface area contributed by atoms with Crippen molar-refractivity contribution in [1.82, 2.24) is 10.2 Å². The second kappa shape index (κ2) is 7.42. The molecule has 3 rings (SSSR count). The van der Waals surface area contributed by atoms with Crippen molar-refractivity contribution in [3.63, 3.8) is 0 Å². The summed E-state index contributed by atoms with van der Waals surface area (Å²) < 4.78 is 0. The third-order valence-corrected chi connectivity index (χ3v) is 5.47. The van der Waals surface area contributed by atoms with E-state index >= 15 is 0 Å². The number of benzene rings is 1. The lowest BCUT2D eigenvalue weighted by Crippen LogP contribution is -2.46. The Morgan fingerprint density at radius 1 is 1.05 bits per heavy atom. The van der Waals surface area contributed by atoms with Gasteiger partial charge in [0.1, 0.15) is 0 Å². The van der Waals surface area contributed by atoms with E-state index in [1.165, 1.54) is 57.2 Å². The Balaban J connectivity index is 1.43. The highest BCUT2D eigenvalue weighted by Crippen LogP contribution is 2.29. The van der Waals surface area contributed by atoms with Crippen molar-refractivity contribution in [1.29, 1.82) is 0 Å². The smallest absolute Gasteiger partial charge is 0.0233 e. The molecule has 1 aromatic rings. The first-order chi connectivity index (χ1) is 10.3. The summed E-state index contributed by atoms with van der Waals surface area (Å²) >= 11 is 0. The maximum Gasteiger partial charge on any atom is 0.0233 e. The summed E-state index contributed by atoms with van der Waals surface area (Å²) in [6, 6.07) is 12.5. The second-order valence-electron chi connectivity index (χ2n) is 6.91. The topological polar surface area (TPSA) is 15.3 Å². The van der Waals surface area contributed by atoms with Gasteiger partial charge in [-0.15, -0.1) is 0 Å². The van der Waals surface area contributed by atoms with Gasteiger partial charge in [0.25, 0.3) is 0 Å². The zero-order valence-electron chi connectivity index (χ0n) is 13.4. The molecule has 2 fully saturated rings. The van der Waals surface area contributed by atoms with E-state index in [9.17, 15) is 0 Å². The van der Waals surface area contributed by atoms with Crippen molar-refractivity contribution in [3.8, 4) is 0 Å². The van der Waals surface area contributed by atoms with E-state index in [2.05, 4.69) is 47.5 Å². The van der Waals surface area contributed by atoms with Crippen molar-refractivity contribution < 1.29 is 0 Å². The molecular formula is C19H30N2. The average Bonchev–Trinajstić information content (AvgIpc) is 2.97. The minimum atomic E-state index is 0.758. The largest absolute Gasteiger partial charge is 0.311 e. The van der Waals surface area contributed by atoms with Gasteiger partial charge in [0, 0.05) is 18.6 Å². The first kappa shape index (κ1) is 15.1. The van der Waals surface area contributed by atoms with Crippen LogP contribution in [0.25, 0.3) is 0 Å². The van der Waals surface area contributed by atoms with Crippen LogP contribution < -0.4 is 5.32 Å². The molecular weight excluding hydrogens is 256 g/mol. The molecule has 2 nitrogen and oxygen atoms in total. The lowest BCUT2D eigenvalue weighted by atomic mass is 9.97. The molecule has 0 bridgehead atoms. The molecule has 0 aromatic heterocycles. The Labute approximate surface area is 129 Å². The highest BCUT2D eigenvalue weighted by molar-refractivity contribution is 5.14. The fraction of sp³-hybridized carbons (Fsp3) is 0.684. The third-order valence-electron chi connectivity index (χ3n) is 5.47. The molecule has 1 aliphatic heterocycles. The molecule has 1 saturated carbocycles. The predicted molar refractivity (Wildman–Crippen MR) is 89.3 cm³/mol. The molecule has 2 aliphatic rings. The van der Waals surface area contributed by atoms with Gasteiger partial charge >= 0.3 is 0 Å². The van der Waals surface area contributed by atoms with E-state index in [1.807, 2.05) is 0 Å². The maximum absolute atomic E-state index is 3.98. The van der Waals surface area contributed by atoms with Crippen LogP contribution in [0.2, 0.25) is 0 Å². The summed E-state index contributed by atoms with van der Waals surface area (Å²) in [5, 5.41) is 3.98. The van der Waals surface area contributed by atoms with Crippen molar-refractivity contribution in [3.05, 3.63) is 35.9 Å². The van der Waals surface area contributed by atoms with Crippen LogP contribution in [0.5, 0.6) is 0 Å². The Morgan fingerprint density at radius 2 is 1.81 bits per heavy atom. The SMILES string of the molecule is CCC1CCCC1NC1CCN(Cc2ccccc2)CC1. The number of nitrogens with zero attached hydrogens (tertiary/aromatic N) is 1. The van der Waals surface area contributed by atoms with Crippen LogP contribution in [0.4, 0.5) is 0 Å². The minimum absolute atomic E-state index is 0.758. The van der Waals surface area contributed by atoms with Crippen LogP contribution >= 0.6 is 0 Å². The summed E-state index contributed by atoms with van der Waals surface area (Å²) in [6.07, 6.45) is 8.27. The second-order valence-corrected chi connectivity index (χ2v) is 6.91. The lowest BCUT2D eigenvalue weighted by Gasteiger charge is -2.35. The van der Waals surface area contributed by atoms with Crippen LogP contribution in [-0.2, 0) is 6.54 Å². The summed E-state index contributed by atoms with van der Waals surface area (Å²) in [4.78, 5) is 2.61. The Kier molecular flexibility index (Phi) is 5.32. The number of hydrogen-bond acceptors (Lipinski definition) is 2. The molecule has 0 radical (unpaired) electrons. The Hall–Kier alpha value is -0.860. The van der Waals surface area contributed by atoms with Crippen LogP contribution in [-0.4, -0.2) is 30.1 Å². The number of nitrogens with one attached hydrogen (secondary N) is 1. The highest BCUT2D eigenvalue weighted by Gasteiger charge is 2.29. The van der Waals surface area contributed by atoms with Crippen LogP contribution in [0, 0.1) is 5.92 Å². The molecule has 0 spiro atoms. The predicted octanol–water partition coefficient (Wildman–Crippen LogP) is 3.82. The van der Waals surface area contributed by atoms with Crippen LogP contribution in [0.15, 0.2) is 30.3 Å². The van der Waals surface area contributed by atoms with Crippen molar-refractivity contribution >= 4 is 0 Å². The van der Waals surface area contributed by atoms with Gasteiger partial charge in [-0.05, 0) is 50.3 Å². The summed E-state index contributed by atoms with van der Waals surface area (Å²) in [6.45, 7) is 5.97. The Morgan fingerprint density at radius 3 is 2.52 bits per heavy atom. The lowest BCUT2D eigenvalue weighted by molar-refractivity contribution is 0.178. The van der Waals surface area contributed by atoms with Crippen molar-refractivity contribution in [2.75, 3.05) is 13.1 Å². The molecule has 2 unspecified atom stereocenters. The molecule has 1 aliphatic carbocycles. The quantitative estimate of drug-likeness (QED) is 0.885. The van der Waals surface area contributed by atoms with E-state index in [1.54, 1.807) is 0 Å². The average molecular weight is 286 g/mol. The molecule has 21 heavy (non-hydrogen) atoms. The monoisotopic (exact) mass is 286 g/mol. The molecule has 116 valence electrons. The van der Waals surface area contributed by atoms with Gasteiger partial charge < -0.3 is 5.32 Å². The first-order valence-corrected chi connectivity index (χ1v) is 8.87. The molecule has 0 amide bonds. The normalized spacial score (nSPS) is 28.0. The molecule has 1 aromatic carbocycles. The standard InChI is InChI=1S/C19H30N2/c1-2-17-9-6-10-19(17)20-18-11-13-21(14-12-18)15-16-7-4-3-5-8-16/h3-5,7-8,17-20H,2,6,9-15H2,1H3. The molecule has 1 heterocycles. The number of rotatable bonds is 5. The summed E-state index contributed by atoms with van der Waals surface area (Å²) in [5.74, 6) is 0.937. The minimum Gasteiger partial charge on any atom is -0.311 e. The summed E-state index contributed by atoms with van der Waals surface area (Å²) in [5.41, 5.74) is 1.45. The van der Waals surface area contributed by atoms with Gasteiger partial charge in [-0.2, -0.15) is 0 Å². The van der Waals surface area contributed by atoms with Crippen LogP contribution in [0.3, 0.4) is 0 Å². The molecule has 1 saturated heterocycles. The number of piperidine rings is 1. The first-order valence-electron chi connectivity index (χ1n) is 8.87. The number of likely N-dealkylation sites (tertiary alicyclic amines) is 1. The van der Waals surface area contributed by atoms with Gasteiger partial charge in [-0.1, -0.05) is 50.1 Å². The van der Waals surface area contributed by atoms with Gasteiger partial charge in [-0.3, -0.25) is 4.90 Å². The van der Waals surface area contributed by atoms with Gasteiger partial charge in [-0.25, -0.2) is 0 Å². The van der Waals surface area contributed by atoms with Gasteiger partial charge in [0.15, 0.2) is 0 Å². The van der Waals surface area contributed by atoms with Crippen LogP contribution in [0.1, 0.15) is 51.0 Å². The maximum atomic E-state index is 3.98. The number of hydrogen-bond donors (Lipinski definition) is 1. The van der Waals surface area contributed by atoms with Crippen molar-refractivity contribution in [2.24, 2.45) is 5.92 Å². The molecule has 1 N–H and O–H groups in total. The van der Waals surface area contributed by atoms with Crippen molar-refractivity contribution in [2.45, 2.75) is 64.1 Å².